The molecule has 1 aliphatic rings. The Morgan fingerprint density at radius 2 is 2.19 bits per heavy atom. The molecular weight excluding hydrogens is 208 g/mol. The SMILES string of the molecule is CC1OCCN(C(=O)OC(C)(C)C)C1CN. The van der Waals surface area contributed by atoms with E-state index in [1.165, 1.54) is 0 Å². The van der Waals surface area contributed by atoms with E-state index >= 15 is 0 Å². The molecule has 1 rings (SSSR count). The fraction of sp³-hybridized carbons (Fsp3) is 0.909. The lowest BCUT2D eigenvalue weighted by Crippen LogP contribution is -2.56. The number of nitrogens with two attached hydrogens (primary N) is 1. The van der Waals surface area contributed by atoms with Gasteiger partial charge in [0.2, 0.25) is 0 Å². The maximum atomic E-state index is 11.9. The molecule has 1 heterocycles. The summed E-state index contributed by atoms with van der Waals surface area (Å²) in [6.45, 7) is 8.96. The molecule has 0 spiro atoms. The summed E-state index contributed by atoms with van der Waals surface area (Å²) < 4.78 is 10.8. The van der Waals surface area contributed by atoms with E-state index in [0.717, 1.165) is 0 Å². The second kappa shape index (κ2) is 5.01. The van der Waals surface area contributed by atoms with Gasteiger partial charge in [-0.25, -0.2) is 4.79 Å². The smallest absolute Gasteiger partial charge is 0.410 e. The Labute approximate surface area is 96.9 Å². The quantitative estimate of drug-likeness (QED) is 0.729. The second-order valence-corrected chi connectivity index (χ2v) is 5.05. The van der Waals surface area contributed by atoms with Gasteiger partial charge in [-0.1, -0.05) is 0 Å². The molecule has 16 heavy (non-hydrogen) atoms. The summed E-state index contributed by atoms with van der Waals surface area (Å²) >= 11 is 0. The number of amides is 1. The van der Waals surface area contributed by atoms with Crippen LogP contribution in [0.4, 0.5) is 4.79 Å². The van der Waals surface area contributed by atoms with Crippen molar-refractivity contribution in [3.05, 3.63) is 0 Å². The minimum Gasteiger partial charge on any atom is -0.444 e. The van der Waals surface area contributed by atoms with Gasteiger partial charge in [0.1, 0.15) is 5.60 Å². The zero-order valence-electron chi connectivity index (χ0n) is 10.5. The topological polar surface area (TPSA) is 64.8 Å². The minimum absolute atomic E-state index is 0.0359. The summed E-state index contributed by atoms with van der Waals surface area (Å²) in [5.41, 5.74) is 5.18. The van der Waals surface area contributed by atoms with E-state index in [0.29, 0.717) is 19.7 Å². The Kier molecular flexibility index (Phi) is 4.15. The van der Waals surface area contributed by atoms with Crippen molar-refractivity contribution in [2.24, 2.45) is 5.73 Å². The van der Waals surface area contributed by atoms with Crippen molar-refractivity contribution >= 4 is 6.09 Å². The number of hydrogen-bond donors (Lipinski definition) is 1. The van der Waals surface area contributed by atoms with Gasteiger partial charge in [0.25, 0.3) is 0 Å². The second-order valence-electron chi connectivity index (χ2n) is 5.05. The molecule has 1 fully saturated rings. The van der Waals surface area contributed by atoms with Crippen LogP contribution in [0, 0.1) is 0 Å². The van der Waals surface area contributed by atoms with E-state index in [1.54, 1.807) is 4.90 Å². The monoisotopic (exact) mass is 230 g/mol. The largest absolute Gasteiger partial charge is 0.444 e. The van der Waals surface area contributed by atoms with Gasteiger partial charge in [-0.3, -0.25) is 4.90 Å². The van der Waals surface area contributed by atoms with Crippen LogP contribution in [0.2, 0.25) is 0 Å². The van der Waals surface area contributed by atoms with Gasteiger partial charge in [0.15, 0.2) is 0 Å². The molecule has 0 aromatic carbocycles. The Morgan fingerprint density at radius 3 is 2.69 bits per heavy atom. The summed E-state index contributed by atoms with van der Waals surface area (Å²) in [6, 6.07) is -0.0939. The first-order valence-corrected chi connectivity index (χ1v) is 5.66. The van der Waals surface area contributed by atoms with Crippen LogP contribution in [0.25, 0.3) is 0 Å². The lowest BCUT2D eigenvalue weighted by atomic mass is 10.1. The number of carbonyl (C=O) groups is 1. The van der Waals surface area contributed by atoms with Crippen LogP contribution in [-0.4, -0.2) is 48.4 Å². The summed E-state index contributed by atoms with van der Waals surface area (Å²) in [5, 5.41) is 0. The highest BCUT2D eigenvalue weighted by Gasteiger charge is 2.34. The van der Waals surface area contributed by atoms with Crippen molar-refractivity contribution in [2.45, 2.75) is 45.4 Å². The maximum absolute atomic E-state index is 11.9. The molecule has 0 aromatic rings. The van der Waals surface area contributed by atoms with Crippen molar-refractivity contribution in [3.8, 4) is 0 Å². The molecule has 5 heteroatoms. The minimum atomic E-state index is -0.474. The van der Waals surface area contributed by atoms with Crippen LogP contribution in [0.15, 0.2) is 0 Å². The lowest BCUT2D eigenvalue weighted by Gasteiger charge is -2.39. The molecule has 0 bridgehead atoms. The van der Waals surface area contributed by atoms with Crippen LogP contribution in [0.1, 0.15) is 27.7 Å². The number of hydrogen-bond acceptors (Lipinski definition) is 4. The Bertz CT molecular complexity index is 250. The molecule has 1 saturated heterocycles. The van der Waals surface area contributed by atoms with Gasteiger partial charge in [-0.05, 0) is 27.7 Å². The van der Waals surface area contributed by atoms with E-state index in [9.17, 15) is 4.79 Å². The van der Waals surface area contributed by atoms with Crippen LogP contribution >= 0.6 is 0 Å². The molecule has 0 saturated carbocycles. The number of carbonyl (C=O) groups excluding carboxylic acids is 1. The van der Waals surface area contributed by atoms with Gasteiger partial charge in [0, 0.05) is 13.1 Å². The summed E-state index contributed by atoms with van der Waals surface area (Å²) in [5.74, 6) is 0. The molecule has 1 aliphatic heterocycles. The molecule has 0 aromatic heterocycles. The third-order valence-electron chi connectivity index (χ3n) is 2.52. The van der Waals surface area contributed by atoms with Crippen LogP contribution in [-0.2, 0) is 9.47 Å². The van der Waals surface area contributed by atoms with Gasteiger partial charge in [0.05, 0.1) is 18.8 Å². The Morgan fingerprint density at radius 1 is 1.56 bits per heavy atom. The fourth-order valence-corrected chi connectivity index (χ4v) is 1.73. The average molecular weight is 230 g/mol. The zero-order valence-corrected chi connectivity index (χ0v) is 10.5. The van der Waals surface area contributed by atoms with E-state index in [4.69, 9.17) is 15.2 Å². The molecule has 0 aliphatic carbocycles. The molecule has 0 radical (unpaired) electrons. The van der Waals surface area contributed by atoms with Crippen molar-refractivity contribution in [3.63, 3.8) is 0 Å². The Hall–Kier alpha value is -0.810. The molecule has 2 atom stereocenters. The predicted molar refractivity (Wildman–Crippen MR) is 61.2 cm³/mol. The number of ether oxygens (including phenoxy) is 2. The van der Waals surface area contributed by atoms with Gasteiger partial charge in [-0.15, -0.1) is 0 Å². The Balaban J connectivity index is 2.66. The first-order chi connectivity index (χ1) is 7.35. The van der Waals surface area contributed by atoms with Gasteiger partial charge >= 0.3 is 6.09 Å². The van der Waals surface area contributed by atoms with Gasteiger partial charge in [-0.2, -0.15) is 0 Å². The highest BCUT2D eigenvalue weighted by molar-refractivity contribution is 5.68. The molecule has 2 N–H and O–H groups in total. The van der Waals surface area contributed by atoms with E-state index in [2.05, 4.69) is 0 Å². The van der Waals surface area contributed by atoms with Crippen molar-refractivity contribution in [2.75, 3.05) is 19.7 Å². The van der Waals surface area contributed by atoms with Crippen molar-refractivity contribution in [1.82, 2.24) is 4.90 Å². The fourth-order valence-electron chi connectivity index (χ4n) is 1.73. The standard InChI is InChI=1S/C11H22N2O3/c1-8-9(7-12)13(5-6-15-8)10(14)16-11(2,3)4/h8-9H,5-7,12H2,1-4H3. The first kappa shape index (κ1) is 13.3. The van der Waals surface area contributed by atoms with Crippen LogP contribution < -0.4 is 5.73 Å². The van der Waals surface area contributed by atoms with E-state index in [1.807, 2.05) is 27.7 Å². The zero-order chi connectivity index (χ0) is 12.3. The summed E-state index contributed by atoms with van der Waals surface area (Å²) in [7, 11) is 0. The van der Waals surface area contributed by atoms with Crippen molar-refractivity contribution < 1.29 is 14.3 Å². The number of rotatable bonds is 1. The maximum Gasteiger partial charge on any atom is 0.410 e. The summed E-state index contributed by atoms with van der Waals surface area (Å²) in [4.78, 5) is 13.6. The van der Waals surface area contributed by atoms with E-state index in [-0.39, 0.29) is 18.2 Å². The first-order valence-electron chi connectivity index (χ1n) is 5.66. The molecular formula is C11H22N2O3. The summed E-state index contributed by atoms with van der Waals surface area (Å²) in [6.07, 6.45) is -0.343. The van der Waals surface area contributed by atoms with Crippen LogP contribution in [0.5, 0.6) is 0 Å². The molecule has 94 valence electrons. The highest BCUT2D eigenvalue weighted by atomic mass is 16.6. The van der Waals surface area contributed by atoms with E-state index < -0.39 is 5.60 Å². The van der Waals surface area contributed by atoms with Gasteiger partial charge < -0.3 is 15.2 Å². The highest BCUT2D eigenvalue weighted by Crippen LogP contribution is 2.17. The molecule has 5 nitrogen and oxygen atoms in total. The predicted octanol–water partition coefficient (Wildman–Crippen LogP) is 0.970. The number of nitrogens with zero attached hydrogens (tertiary/aromatic N) is 1. The number of morpholine rings is 1. The third kappa shape index (κ3) is 3.35. The lowest BCUT2D eigenvalue weighted by molar-refractivity contribution is -0.0656. The molecule has 1 amide bonds. The normalized spacial score (nSPS) is 26.7. The molecule has 2 unspecified atom stereocenters. The average Bonchev–Trinajstić information content (AvgIpc) is 2.14. The van der Waals surface area contributed by atoms with Crippen molar-refractivity contribution in [1.29, 1.82) is 0 Å². The third-order valence-corrected chi connectivity index (χ3v) is 2.52. The van der Waals surface area contributed by atoms with Crippen LogP contribution in [0.3, 0.4) is 0 Å².